The third-order valence-electron chi connectivity index (χ3n) is 6.40. The second-order valence-corrected chi connectivity index (χ2v) is 9.49. The highest BCUT2D eigenvalue weighted by Gasteiger charge is 2.10. The summed E-state index contributed by atoms with van der Waals surface area (Å²) in [6.45, 7) is 1.90. The number of esters is 1. The van der Waals surface area contributed by atoms with E-state index < -0.39 is 0 Å². The van der Waals surface area contributed by atoms with Gasteiger partial charge in [0.15, 0.2) is 0 Å². The molecule has 0 aromatic heterocycles. The van der Waals surface area contributed by atoms with Gasteiger partial charge in [0.1, 0.15) is 31.3 Å². The van der Waals surface area contributed by atoms with Gasteiger partial charge < -0.3 is 18.9 Å². The van der Waals surface area contributed by atoms with E-state index in [4.69, 9.17) is 18.9 Å². The minimum absolute atomic E-state index is 0.191. The van der Waals surface area contributed by atoms with Crippen molar-refractivity contribution >= 4 is 5.97 Å². The molecule has 206 valence electrons. The quantitative estimate of drug-likeness (QED) is 0.111. The van der Waals surface area contributed by atoms with Crippen molar-refractivity contribution in [1.82, 2.24) is 0 Å². The summed E-state index contributed by atoms with van der Waals surface area (Å²) in [6.07, 6.45) is 0. The fourth-order valence-corrected chi connectivity index (χ4v) is 4.23. The molecule has 0 radical (unpaired) electrons. The van der Waals surface area contributed by atoms with Crippen LogP contribution in [0.2, 0.25) is 0 Å². The Kier molecular flexibility index (Phi) is 9.79. The Morgan fingerprint density at radius 1 is 0.488 bits per heavy atom. The van der Waals surface area contributed by atoms with Crippen molar-refractivity contribution in [3.8, 4) is 22.6 Å². The maximum absolute atomic E-state index is 12.6. The van der Waals surface area contributed by atoms with Gasteiger partial charge in [-0.2, -0.15) is 0 Å². The molecule has 5 heteroatoms. The summed E-state index contributed by atoms with van der Waals surface area (Å²) in [5.74, 6) is 1.02. The zero-order valence-corrected chi connectivity index (χ0v) is 22.8. The van der Waals surface area contributed by atoms with E-state index in [9.17, 15) is 4.79 Å². The number of carbonyl (C=O) groups excluding carboxylic acids is 1. The molecule has 5 nitrogen and oxygen atoms in total. The first kappa shape index (κ1) is 27.7. The Morgan fingerprint density at radius 3 is 1.49 bits per heavy atom. The number of hydrogen-bond donors (Lipinski definition) is 0. The van der Waals surface area contributed by atoms with Crippen LogP contribution in [0.1, 0.15) is 27.0 Å². The molecule has 0 bridgehead atoms. The molecule has 41 heavy (non-hydrogen) atoms. The molecule has 0 fully saturated rings. The highest BCUT2D eigenvalue weighted by Crippen LogP contribution is 2.31. The topological polar surface area (TPSA) is 54.0 Å². The van der Waals surface area contributed by atoms with Crippen molar-refractivity contribution in [3.05, 3.63) is 156 Å². The highest BCUT2D eigenvalue weighted by molar-refractivity contribution is 5.90. The molecule has 0 aliphatic carbocycles. The van der Waals surface area contributed by atoms with E-state index in [1.54, 1.807) is 12.1 Å². The minimum atomic E-state index is -0.383. The Labute approximate surface area is 240 Å². The van der Waals surface area contributed by atoms with E-state index in [0.29, 0.717) is 43.5 Å². The summed E-state index contributed by atoms with van der Waals surface area (Å²) < 4.78 is 23.3. The van der Waals surface area contributed by atoms with Gasteiger partial charge in [-0.15, -0.1) is 0 Å². The Hall–Kier alpha value is -4.87. The molecule has 0 unspecified atom stereocenters. The maximum Gasteiger partial charge on any atom is 0.338 e. The fourth-order valence-electron chi connectivity index (χ4n) is 4.23. The molecule has 0 spiro atoms. The first-order valence-electron chi connectivity index (χ1n) is 13.6. The third-order valence-corrected chi connectivity index (χ3v) is 6.40. The van der Waals surface area contributed by atoms with Crippen LogP contribution in [0.25, 0.3) is 11.1 Å². The Balaban J connectivity index is 1.22. The van der Waals surface area contributed by atoms with Crippen LogP contribution in [0.4, 0.5) is 0 Å². The van der Waals surface area contributed by atoms with Crippen molar-refractivity contribution in [2.45, 2.75) is 19.8 Å². The molecule has 0 atom stereocenters. The number of ether oxygens (including phenoxy) is 4. The molecule has 0 N–H and O–H groups in total. The standard InChI is InChI=1S/C36H32O5/c37-36(39-21-20-38-25-28-10-4-1-5-11-28)32-18-16-31(17-19-32)33-22-34(40-26-29-12-6-2-7-13-29)24-35(23-33)41-27-30-14-8-3-9-15-30/h1-19,22-24H,20-21,25-27H2. The summed E-state index contributed by atoms with van der Waals surface area (Å²) >= 11 is 0. The fraction of sp³-hybridized carbons (Fsp3) is 0.139. The first-order valence-corrected chi connectivity index (χ1v) is 13.6. The van der Waals surface area contributed by atoms with Crippen molar-refractivity contribution in [1.29, 1.82) is 0 Å². The van der Waals surface area contributed by atoms with E-state index in [-0.39, 0.29) is 12.6 Å². The van der Waals surface area contributed by atoms with Crippen LogP contribution in [-0.2, 0) is 29.3 Å². The molecule has 5 aromatic rings. The molecule has 0 aliphatic heterocycles. The monoisotopic (exact) mass is 544 g/mol. The average Bonchev–Trinajstić information content (AvgIpc) is 3.04. The van der Waals surface area contributed by atoms with Gasteiger partial charge in [0, 0.05) is 6.07 Å². The van der Waals surface area contributed by atoms with Gasteiger partial charge in [0.05, 0.1) is 18.8 Å². The van der Waals surface area contributed by atoms with E-state index in [0.717, 1.165) is 27.8 Å². The highest BCUT2D eigenvalue weighted by atomic mass is 16.6. The summed E-state index contributed by atoms with van der Waals surface area (Å²) in [5.41, 5.74) is 5.58. The lowest BCUT2D eigenvalue weighted by atomic mass is 10.0. The largest absolute Gasteiger partial charge is 0.489 e. The second kappa shape index (κ2) is 14.5. The lowest BCUT2D eigenvalue weighted by Gasteiger charge is -2.13. The normalized spacial score (nSPS) is 10.6. The second-order valence-electron chi connectivity index (χ2n) is 9.49. The molecule has 0 heterocycles. The molecule has 0 amide bonds. The third kappa shape index (κ3) is 8.56. The summed E-state index contributed by atoms with van der Waals surface area (Å²) in [4.78, 5) is 12.6. The molecule has 0 saturated carbocycles. The number of rotatable bonds is 13. The van der Waals surface area contributed by atoms with Gasteiger partial charge in [-0.05, 0) is 52.1 Å². The molecule has 0 aliphatic rings. The number of carbonyl (C=O) groups is 1. The van der Waals surface area contributed by atoms with Crippen LogP contribution in [0.15, 0.2) is 133 Å². The van der Waals surface area contributed by atoms with Crippen LogP contribution in [0.3, 0.4) is 0 Å². The van der Waals surface area contributed by atoms with Crippen molar-refractivity contribution in [3.63, 3.8) is 0 Å². The van der Waals surface area contributed by atoms with Gasteiger partial charge in [0.2, 0.25) is 0 Å². The van der Waals surface area contributed by atoms with Gasteiger partial charge >= 0.3 is 5.97 Å². The molecular formula is C36H32O5. The van der Waals surface area contributed by atoms with E-state index in [1.165, 1.54) is 0 Å². The van der Waals surface area contributed by atoms with Crippen molar-refractivity contribution in [2.75, 3.05) is 13.2 Å². The Bertz CT molecular complexity index is 1440. The SMILES string of the molecule is O=C(OCCOCc1ccccc1)c1ccc(-c2cc(OCc3ccccc3)cc(OCc3ccccc3)c2)cc1. The predicted molar refractivity (Wildman–Crippen MR) is 160 cm³/mol. The summed E-state index contributed by atoms with van der Waals surface area (Å²) in [5, 5.41) is 0. The first-order chi connectivity index (χ1) is 20.2. The van der Waals surface area contributed by atoms with E-state index in [1.807, 2.05) is 121 Å². The van der Waals surface area contributed by atoms with Crippen LogP contribution < -0.4 is 9.47 Å². The smallest absolute Gasteiger partial charge is 0.338 e. The van der Waals surface area contributed by atoms with Crippen molar-refractivity contribution < 1.29 is 23.7 Å². The zero-order valence-electron chi connectivity index (χ0n) is 22.8. The van der Waals surface area contributed by atoms with Gasteiger partial charge in [-0.25, -0.2) is 4.79 Å². The summed E-state index contributed by atoms with van der Waals surface area (Å²) in [7, 11) is 0. The molecule has 5 aromatic carbocycles. The predicted octanol–water partition coefficient (Wildman–Crippen LogP) is 7.89. The minimum Gasteiger partial charge on any atom is -0.489 e. The van der Waals surface area contributed by atoms with Crippen LogP contribution in [0, 0.1) is 0 Å². The summed E-state index contributed by atoms with van der Waals surface area (Å²) in [6, 6.07) is 43.2. The van der Waals surface area contributed by atoms with Gasteiger partial charge in [0.25, 0.3) is 0 Å². The van der Waals surface area contributed by atoms with Crippen molar-refractivity contribution in [2.24, 2.45) is 0 Å². The van der Waals surface area contributed by atoms with Gasteiger partial charge in [-0.1, -0.05) is 103 Å². The molecule has 5 rings (SSSR count). The Morgan fingerprint density at radius 2 is 0.976 bits per heavy atom. The molecular weight excluding hydrogens is 512 g/mol. The molecule has 0 saturated heterocycles. The van der Waals surface area contributed by atoms with Crippen LogP contribution in [-0.4, -0.2) is 19.2 Å². The number of benzene rings is 5. The maximum atomic E-state index is 12.6. The zero-order chi connectivity index (χ0) is 28.1. The lowest BCUT2D eigenvalue weighted by molar-refractivity contribution is 0.0288. The van der Waals surface area contributed by atoms with Crippen LogP contribution in [0.5, 0.6) is 11.5 Å². The van der Waals surface area contributed by atoms with E-state index >= 15 is 0 Å². The van der Waals surface area contributed by atoms with Crippen LogP contribution >= 0.6 is 0 Å². The van der Waals surface area contributed by atoms with Gasteiger partial charge in [-0.3, -0.25) is 0 Å². The van der Waals surface area contributed by atoms with E-state index in [2.05, 4.69) is 0 Å². The number of hydrogen-bond acceptors (Lipinski definition) is 5. The lowest BCUT2D eigenvalue weighted by Crippen LogP contribution is -2.10. The average molecular weight is 545 g/mol.